The normalized spacial score (nSPS) is 11.0. The van der Waals surface area contributed by atoms with Gasteiger partial charge in [-0.25, -0.2) is 4.98 Å². The van der Waals surface area contributed by atoms with Crippen molar-refractivity contribution in [2.75, 3.05) is 13.7 Å². The fourth-order valence-corrected chi connectivity index (χ4v) is 6.41. The number of thioether (sulfide) groups is 1. The number of hydrogen-bond acceptors (Lipinski definition) is 7. The Morgan fingerprint density at radius 3 is 2.62 bits per heavy atom. The molecule has 1 amide bonds. The molecule has 0 aliphatic rings. The molecule has 0 fully saturated rings. The molecule has 0 aliphatic carbocycles. The van der Waals surface area contributed by atoms with Crippen LogP contribution in [0.4, 0.5) is 0 Å². The zero-order valence-corrected chi connectivity index (χ0v) is 25.0. The summed E-state index contributed by atoms with van der Waals surface area (Å²) in [5, 5.41) is 16.7. The Hall–Kier alpha value is -3.08. The number of ether oxygens (including phenoxy) is 1. The molecular weight excluding hydrogens is 609 g/mol. The largest absolute Gasteiger partial charge is 0.495 e. The molecule has 3 aromatic carbocycles. The van der Waals surface area contributed by atoms with Crippen LogP contribution in [0, 0.1) is 0 Å². The number of para-hydroxylation sites is 2. The van der Waals surface area contributed by atoms with Crippen LogP contribution >= 0.6 is 57.9 Å². The highest BCUT2D eigenvalue weighted by Gasteiger charge is 2.21. The highest BCUT2D eigenvalue weighted by molar-refractivity contribution is 7.98. The molecule has 12 heteroatoms. The minimum absolute atomic E-state index is 0.240. The van der Waals surface area contributed by atoms with E-state index >= 15 is 0 Å². The van der Waals surface area contributed by atoms with Crippen molar-refractivity contribution >= 4 is 63.8 Å². The summed E-state index contributed by atoms with van der Waals surface area (Å²) in [4.78, 5) is 17.2. The highest BCUT2D eigenvalue weighted by atomic mass is 35.5. The highest BCUT2D eigenvalue weighted by Crippen LogP contribution is 2.36. The molecule has 0 bridgehead atoms. The van der Waals surface area contributed by atoms with Crippen molar-refractivity contribution < 1.29 is 9.53 Å². The van der Waals surface area contributed by atoms with E-state index in [4.69, 9.17) is 39.5 Å². The summed E-state index contributed by atoms with van der Waals surface area (Å²) in [6.45, 7) is 0.425. The molecule has 0 aliphatic heterocycles. The van der Waals surface area contributed by atoms with E-state index in [9.17, 15) is 4.79 Å². The van der Waals surface area contributed by atoms with Crippen LogP contribution in [0.15, 0.2) is 77.3 Å². The summed E-state index contributed by atoms with van der Waals surface area (Å²) in [7, 11) is 1.62. The van der Waals surface area contributed by atoms with Crippen LogP contribution in [-0.4, -0.2) is 39.3 Å². The maximum absolute atomic E-state index is 12.7. The molecule has 0 atom stereocenters. The molecule has 2 aromatic heterocycles. The maximum atomic E-state index is 12.7. The maximum Gasteiger partial charge on any atom is 0.270 e. The van der Waals surface area contributed by atoms with Crippen molar-refractivity contribution in [1.29, 1.82) is 0 Å². The summed E-state index contributed by atoms with van der Waals surface area (Å²) in [6.07, 6.45) is 0.584. The van der Waals surface area contributed by atoms with Gasteiger partial charge in [0.15, 0.2) is 11.0 Å². The van der Waals surface area contributed by atoms with Gasteiger partial charge in [-0.3, -0.25) is 9.36 Å². The lowest BCUT2D eigenvalue weighted by atomic mass is 10.1. The molecule has 0 saturated heterocycles. The van der Waals surface area contributed by atoms with E-state index < -0.39 is 0 Å². The van der Waals surface area contributed by atoms with Gasteiger partial charge in [-0.1, -0.05) is 76.9 Å². The first kappa shape index (κ1) is 28.4. The van der Waals surface area contributed by atoms with E-state index in [0.717, 1.165) is 21.8 Å². The van der Waals surface area contributed by atoms with Gasteiger partial charge in [-0.05, 0) is 48.4 Å². The number of carbonyl (C=O) groups is 1. The number of halogens is 3. The predicted molar refractivity (Wildman–Crippen MR) is 163 cm³/mol. The first-order chi connectivity index (χ1) is 19.4. The zero-order chi connectivity index (χ0) is 28.1. The summed E-state index contributed by atoms with van der Waals surface area (Å²) in [5.74, 6) is 1.52. The molecular formula is C28H22Cl3N5O2S2. The van der Waals surface area contributed by atoms with Crippen LogP contribution in [0.5, 0.6) is 5.75 Å². The van der Waals surface area contributed by atoms with Gasteiger partial charge in [0.1, 0.15) is 16.5 Å². The second kappa shape index (κ2) is 13.1. The van der Waals surface area contributed by atoms with Crippen molar-refractivity contribution in [1.82, 2.24) is 25.1 Å². The molecule has 5 aromatic rings. The van der Waals surface area contributed by atoms with Gasteiger partial charge in [-0.15, -0.1) is 21.5 Å². The average molecular weight is 631 g/mol. The van der Waals surface area contributed by atoms with E-state index in [0.29, 0.717) is 56.2 Å². The van der Waals surface area contributed by atoms with Crippen molar-refractivity contribution in [3.8, 4) is 22.8 Å². The third kappa shape index (κ3) is 6.45. The first-order valence-electron chi connectivity index (χ1n) is 12.1. The molecule has 2 heterocycles. The van der Waals surface area contributed by atoms with Gasteiger partial charge in [0.25, 0.3) is 5.91 Å². The van der Waals surface area contributed by atoms with E-state index in [2.05, 4.69) is 20.5 Å². The fraction of sp³-hybridized carbons (Fsp3) is 0.143. The number of nitrogens with one attached hydrogen (secondary N) is 1. The van der Waals surface area contributed by atoms with Crippen molar-refractivity contribution in [2.45, 2.75) is 17.3 Å². The SMILES string of the molecule is COc1ccccc1-n1c(SCc2nc(C(=O)NCCc3ccc(Cl)cc3Cl)cs2)nnc1-c1ccccc1Cl. The number of methoxy groups -OCH3 is 1. The molecule has 5 rings (SSSR count). The number of rotatable bonds is 10. The van der Waals surface area contributed by atoms with Gasteiger partial charge in [0.05, 0.1) is 23.6 Å². The number of carbonyl (C=O) groups excluding carboxylic acids is 1. The lowest BCUT2D eigenvalue weighted by molar-refractivity contribution is 0.0949. The summed E-state index contributed by atoms with van der Waals surface area (Å²) >= 11 is 21.6. The Labute approximate surface area is 254 Å². The fourth-order valence-electron chi connectivity index (χ4n) is 3.95. The van der Waals surface area contributed by atoms with Gasteiger partial charge in [0, 0.05) is 27.5 Å². The predicted octanol–water partition coefficient (Wildman–Crippen LogP) is 7.62. The second-order valence-corrected chi connectivity index (χ2v) is 11.6. The summed E-state index contributed by atoms with van der Waals surface area (Å²) in [6, 6.07) is 20.5. The third-order valence-electron chi connectivity index (χ3n) is 5.88. The van der Waals surface area contributed by atoms with Crippen molar-refractivity contribution in [3.05, 3.63) is 103 Å². The molecule has 0 saturated carbocycles. The number of amides is 1. The topological polar surface area (TPSA) is 81.9 Å². The van der Waals surface area contributed by atoms with Crippen LogP contribution in [0.2, 0.25) is 15.1 Å². The number of hydrogen-bond donors (Lipinski definition) is 1. The summed E-state index contributed by atoms with van der Waals surface area (Å²) < 4.78 is 7.55. The number of aromatic nitrogens is 4. The Morgan fingerprint density at radius 1 is 1.02 bits per heavy atom. The Balaban J connectivity index is 1.30. The van der Waals surface area contributed by atoms with Crippen molar-refractivity contribution in [3.63, 3.8) is 0 Å². The minimum atomic E-state index is -0.240. The Kier molecular flexibility index (Phi) is 9.29. The lowest BCUT2D eigenvalue weighted by Gasteiger charge is -2.14. The van der Waals surface area contributed by atoms with Gasteiger partial charge < -0.3 is 10.1 Å². The molecule has 7 nitrogen and oxygen atoms in total. The molecule has 0 radical (unpaired) electrons. The number of thiazole rings is 1. The van der Waals surface area contributed by atoms with Crippen LogP contribution < -0.4 is 10.1 Å². The average Bonchev–Trinajstić information content (AvgIpc) is 3.60. The van der Waals surface area contributed by atoms with Crippen LogP contribution in [0.1, 0.15) is 21.1 Å². The van der Waals surface area contributed by atoms with E-state index in [1.165, 1.54) is 23.1 Å². The molecule has 0 spiro atoms. The van der Waals surface area contributed by atoms with Gasteiger partial charge >= 0.3 is 0 Å². The Morgan fingerprint density at radius 2 is 1.82 bits per heavy atom. The molecule has 1 N–H and O–H groups in total. The zero-order valence-electron chi connectivity index (χ0n) is 21.1. The molecule has 0 unspecified atom stereocenters. The van der Waals surface area contributed by atoms with E-state index in [-0.39, 0.29) is 5.91 Å². The molecule has 204 valence electrons. The monoisotopic (exact) mass is 629 g/mol. The van der Waals surface area contributed by atoms with Crippen LogP contribution in [0.25, 0.3) is 17.1 Å². The van der Waals surface area contributed by atoms with E-state index in [1.807, 2.05) is 59.2 Å². The van der Waals surface area contributed by atoms with Gasteiger partial charge in [-0.2, -0.15) is 0 Å². The standard InChI is InChI=1S/C28H22Cl3N5O2S2/c1-38-24-9-5-4-8-23(24)36-26(19-6-2-3-7-20(19)30)34-35-28(36)40-16-25-33-22(15-39-25)27(37)32-13-12-17-10-11-18(29)14-21(17)31/h2-11,14-15H,12-13,16H2,1H3,(H,32,37). The van der Waals surface area contributed by atoms with E-state index in [1.54, 1.807) is 24.6 Å². The summed E-state index contributed by atoms with van der Waals surface area (Å²) in [5.41, 5.74) is 2.82. The smallest absolute Gasteiger partial charge is 0.270 e. The number of benzene rings is 3. The van der Waals surface area contributed by atoms with Crippen LogP contribution in [-0.2, 0) is 12.2 Å². The number of nitrogens with zero attached hydrogens (tertiary/aromatic N) is 4. The third-order valence-corrected chi connectivity index (χ3v) is 8.77. The van der Waals surface area contributed by atoms with Crippen molar-refractivity contribution in [2.24, 2.45) is 0 Å². The lowest BCUT2D eigenvalue weighted by Crippen LogP contribution is -2.26. The minimum Gasteiger partial charge on any atom is -0.495 e. The molecule has 40 heavy (non-hydrogen) atoms. The first-order valence-corrected chi connectivity index (χ1v) is 15.1. The van der Waals surface area contributed by atoms with Gasteiger partial charge in [0.2, 0.25) is 0 Å². The van der Waals surface area contributed by atoms with Crippen LogP contribution in [0.3, 0.4) is 0 Å². The quantitative estimate of drug-likeness (QED) is 0.160. The second-order valence-electron chi connectivity index (χ2n) is 8.45. The Bertz CT molecular complexity index is 1660.